The first-order valence-corrected chi connectivity index (χ1v) is 7.75. The third-order valence-electron chi connectivity index (χ3n) is 4.55. The predicted molar refractivity (Wildman–Crippen MR) is 77.2 cm³/mol. The molecule has 0 heterocycles. The average Bonchev–Trinajstić information content (AvgIpc) is 2.26. The Bertz CT molecular complexity index is 198. The van der Waals surface area contributed by atoms with Gasteiger partial charge in [-0.3, -0.25) is 0 Å². The molecular formula is C16H33N. The van der Waals surface area contributed by atoms with Crippen LogP contribution in [0.25, 0.3) is 0 Å². The number of hydrogen-bond acceptors (Lipinski definition) is 1. The molecule has 1 rings (SSSR count). The Labute approximate surface area is 109 Å². The van der Waals surface area contributed by atoms with Crippen LogP contribution in [-0.4, -0.2) is 13.1 Å². The van der Waals surface area contributed by atoms with E-state index in [4.69, 9.17) is 0 Å². The van der Waals surface area contributed by atoms with Gasteiger partial charge in [-0.1, -0.05) is 34.6 Å². The molecule has 1 aliphatic rings. The van der Waals surface area contributed by atoms with Gasteiger partial charge in [-0.05, 0) is 68.4 Å². The fraction of sp³-hybridized carbons (Fsp3) is 1.00. The van der Waals surface area contributed by atoms with Gasteiger partial charge in [0.15, 0.2) is 0 Å². The van der Waals surface area contributed by atoms with Crippen LogP contribution in [0.2, 0.25) is 0 Å². The quantitative estimate of drug-likeness (QED) is 0.727. The van der Waals surface area contributed by atoms with Gasteiger partial charge in [0.1, 0.15) is 0 Å². The normalized spacial score (nSPS) is 30.2. The topological polar surface area (TPSA) is 12.0 Å². The molecule has 0 aliphatic heterocycles. The van der Waals surface area contributed by atoms with Crippen molar-refractivity contribution in [3.8, 4) is 0 Å². The van der Waals surface area contributed by atoms with Gasteiger partial charge < -0.3 is 5.32 Å². The van der Waals surface area contributed by atoms with Crippen molar-refractivity contribution in [3.05, 3.63) is 0 Å². The molecule has 0 aromatic rings. The Morgan fingerprint density at radius 1 is 1.06 bits per heavy atom. The van der Waals surface area contributed by atoms with E-state index in [1.165, 1.54) is 32.2 Å². The van der Waals surface area contributed by atoms with Crippen LogP contribution in [0.3, 0.4) is 0 Å². The molecule has 1 fully saturated rings. The molecular weight excluding hydrogens is 206 g/mol. The number of nitrogens with one attached hydrogen (secondary N) is 1. The van der Waals surface area contributed by atoms with E-state index in [1.54, 1.807) is 0 Å². The molecule has 1 heteroatoms. The summed E-state index contributed by atoms with van der Waals surface area (Å²) in [7, 11) is 0. The Kier molecular flexibility index (Phi) is 6.54. The molecule has 0 amide bonds. The zero-order valence-electron chi connectivity index (χ0n) is 12.6. The molecule has 0 bridgehead atoms. The molecule has 0 radical (unpaired) electrons. The minimum absolute atomic E-state index is 0.857. The maximum absolute atomic E-state index is 3.57. The number of rotatable bonds is 6. The highest BCUT2D eigenvalue weighted by molar-refractivity contribution is 4.83. The Balaban J connectivity index is 2.52. The molecule has 102 valence electrons. The summed E-state index contributed by atoms with van der Waals surface area (Å²) in [5, 5.41) is 3.57. The third kappa shape index (κ3) is 4.99. The summed E-state index contributed by atoms with van der Waals surface area (Å²) < 4.78 is 0. The van der Waals surface area contributed by atoms with Gasteiger partial charge in [-0.2, -0.15) is 0 Å². The molecule has 3 atom stereocenters. The van der Waals surface area contributed by atoms with Gasteiger partial charge >= 0.3 is 0 Å². The second kappa shape index (κ2) is 7.41. The van der Waals surface area contributed by atoms with E-state index in [1.807, 2.05) is 0 Å². The maximum atomic E-state index is 3.57. The highest BCUT2D eigenvalue weighted by Crippen LogP contribution is 2.40. The van der Waals surface area contributed by atoms with Gasteiger partial charge in [0.25, 0.3) is 0 Å². The molecule has 0 aromatic carbocycles. The predicted octanol–water partition coefficient (Wildman–Crippen LogP) is 4.33. The summed E-state index contributed by atoms with van der Waals surface area (Å²) in [6, 6.07) is 0. The van der Waals surface area contributed by atoms with Crippen LogP contribution >= 0.6 is 0 Å². The van der Waals surface area contributed by atoms with Crippen LogP contribution in [0.5, 0.6) is 0 Å². The lowest BCUT2D eigenvalue weighted by Gasteiger charge is -2.39. The average molecular weight is 239 g/mol. The van der Waals surface area contributed by atoms with Crippen molar-refractivity contribution in [2.45, 2.75) is 60.3 Å². The van der Waals surface area contributed by atoms with Crippen molar-refractivity contribution in [1.82, 2.24) is 5.32 Å². The van der Waals surface area contributed by atoms with Gasteiger partial charge in [0.2, 0.25) is 0 Å². The van der Waals surface area contributed by atoms with Crippen molar-refractivity contribution in [1.29, 1.82) is 0 Å². The van der Waals surface area contributed by atoms with E-state index < -0.39 is 0 Å². The van der Waals surface area contributed by atoms with Crippen molar-refractivity contribution in [2.75, 3.05) is 13.1 Å². The van der Waals surface area contributed by atoms with E-state index in [-0.39, 0.29) is 0 Å². The monoisotopic (exact) mass is 239 g/mol. The fourth-order valence-corrected chi connectivity index (χ4v) is 3.46. The molecule has 0 spiro atoms. The summed E-state index contributed by atoms with van der Waals surface area (Å²) in [5.41, 5.74) is 0. The van der Waals surface area contributed by atoms with Crippen LogP contribution in [0.4, 0.5) is 0 Å². The van der Waals surface area contributed by atoms with Crippen LogP contribution < -0.4 is 5.32 Å². The minimum atomic E-state index is 0.857. The molecule has 3 unspecified atom stereocenters. The summed E-state index contributed by atoms with van der Waals surface area (Å²) in [6.07, 6.45) is 5.82. The molecule has 17 heavy (non-hydrogen) atoms. The lowest BCUT2D eigenvalue weighted by Crippen LogP contribution is -2.35. The van der Waals surface area contributed by atoms with Crippen LogP contribution in [0.1, 0.15) is 60.3 Å². The highest BCUT2D eigenvalue weighted by atomic mass is 14.8. The van der Waals surface area contributed by atoms with Crippen LogP contribution in [-0.2, 0) is 0 Å². The lowest BCUT2D eigenvalue weighted by molar-refractivity contribution is 0.127. The van der Waals surface area contributed by atoms with Crippen molar-refractivity contribution in [3.63, 3.8) is 0 Å². The molecule has 1 N–H and O–H groups in total. The zero-order chi connectivity index (χ0) is 12.8. The first-order chi connectivity index (χ1) is 8.04. The smallest absolute Gasteiger partial charge is 0.00180 e. The largest absolute Gasteiger partial charge is 0.317 e. The standard InChI is InChI=1S/C16H33N/c1-6-17-11-15-8-7-14(13(4)5)10-16(15)9-12(2)3/h12-17H,6-11H2,1-5H3. The molecule has 1 nitrogen and oxygen atoms in total. The molecule has 0 saturated heterocycles. The maximum Gasteiger partial charge on any atom is -0.00180 e. The molecule has 1 saturated carbocycles. The second-order valence-electron chi connectivity index (χ2n) is 6.77. The molecule has 0 aromatic heterocycles. The Morgan fingerprint density at radius 2 is 1.76 bits per heavy atom. The number of hydrogen-bond donors (Lipinski definition) is 1. The lowest BCUT2D eigenvalue weighted by atomic mass is 9.68. The van der Waals surface area contributed by atoms with Gasteiger partial charge in [0.05, 0.1) is 0 Å². The van der Waals surface area contributed by atoms with E-state index in [2.05, 4.69) is 39.9 Å². The fourth-order valence-electron chi connectivity index (χ4n) is 3.46. The van der Waals surface area contributed by atoms with E-state index in [0.717, 1.165) is 36.1 Å². The molecule has 1 aliphatic carbocycles. The first-order valence-electron chi connectivity index (χ1n) is 7.75. The summed E-state index contributed by atoms with van der Waals surface area (Å²) in [5.74, 6) is 4.62. The van der Waals surface area contributed by atoms with E-state index in [0.29, 0.717) is 0 Å². The van der Waals surface area contributed by atoms with Gasteiger partial charge in [0, 0.05) is 0 Å². The van der Waals surface area contributed by atoms with Crippen molar-refractivity contribution in [2.24, 2.45) is 29.6 Å². The zero-order valence-corrected chi connectivity index (χ0v) is 12.6. The van der Waals surface area contributed by atoms with Crippen molar-refractivity contribution >= 4 is 0 Å². The highest BCUT2D eigenvalue weighted by Gasteiger charge is 2.31. The first kappa shape index (κ1) is 15.0. The Hall–Kier alpha value is -0.0400. The summed E-state index contributed by atoms with van der Waals surface area (Å²) in [6.45, 7) is 14.2. The van der Waals surface area contributed by atoms with Crippen LogP contribution in [0.15, 0.2) is 0 Å². The minimum Gasteiger partial charge on any atom is -0.317 e. The van der Waals surface area contributed by atoms with E-state index in [9.17, 15) is 0 Å². The van der Waals surface area contributed by atoms with Gasteiger partial charge in [-0.25, -0.2) is 0 Å². The summed E-state index contributed by atoms with van der Waals surface area (Å²) in [4.78, 5) is 0. The summed E-state index contributed by atoms with van der Waals surface area (Å²) >= 11 is 0. The van der Waals surface area contributed by atoms with Gasteiger partial charge in [-0.15, -0.1) is 0 Å². The van der Waals surface area contributed by atoms with Crippen molar-refractivity contribution < 1.29 is 0 Å². The second-order valence-corrected chi connectivity index (χ2v) is 6.77. The Morgan fingerprint density at radius 3 is 2.29 bits per heavy atom. The third-order valence-corrected chi connectivity index (χ3v) is 4.55. The SMILES string of the molecule is CCNCC1CCC(C(C)C)CC1CC(C)C. The van der Waals surface area contributed by atoms with Crippen LogP contribution in [0, 0.1) is 29.6 Å². The van der Waals surface area contributed by atoms with E-state index >= 15 is 0 Å².